The minimum atomic E-state index is -0.149. The Balaban J connectivity index is 1.93. The van der Waals surface area contributed by atoms with Crippen LogP contribution in [0, 0.1) is 0 Å². The highest BCUT2D eigenvalue weighted by Crippen LogP contribution is 2.04. The molecule has 0 bridgehead atoms. The standard InChI is InChI=1S/C14H16N4O/c1-10(7-11-3-2-6-16-8-11)18-14(19)12-4-5-13(15)17-9-12/h2-6,8-10H,7H2,1H3,(H2,15,17)(H,18,19)/t10-/m1/s1. The first kappa shape index (κ1) is 13.0. The Labute approximate surface area is 111 Å². The molecule has 0 aliphatic carbocycles. The second-order valence-electron chi connectivity index (χ2n) is 4.41. The number of aromatic nitrogens is 2. The Bertz CT molecular complexity index is 539. The lowest BCUT2D eigenvalue weighted by atomic mass is 10.1. The fraction of sp³-hybridized carbons (Fsp3) is 0.214. The fourth-order valence-corrected chi connectivity index (χ4v) is 1.77. The molecule has 2 heterocycles. The number of nitrogens with two attached hydrogens (primary N) is 1. The third-order valence-corrected chi connectivity index (χ3v) is 2.69. The van der Waals surface area contributed by atoms with E-state index in [1.807, 2.05) is 19.1 Å². The van der Waals surface area contributed by atoms with Crippen molar-refractivity contribution in [3.8, 4) is 0 Å². The molecular formula is C14H16N4O. The van der Waals surface area contributed by atoms with Gasteiger partial charge in [0.2, 0.25) is 0 Å². The summed E-state index contributed by atoms with van der Waals surface area (Å²) in [6.45, 7) is 1.95. The number of carbonyl (C=O) groups is 1. The van der Waals surface area contributed by atoms with Gasteiger partial charge in [-0.1, -0.05) is 6.07 Å². The van der Waals surface area contributed by atoms with Crippen LogP contribution in [-0.2, 0) is 6.42 Å². The molecule has 2 aromatic rings. The van der Waals surface area contributed by atoms with Gasteiger partial charge in [-0.15, -0.1) is 0 Å². The van der Waals surface area contributed by atoms with E-state index in [4.69, 9.17) is 5.73 Å². The molecule has 0 aliphatic heterocycles. The lowest BCUT2D eigenvalue weighted by Gasteiger charge is -2.13. The summed E-state index contributed by atoms with van der Waals surface area (Å²) in [5.74, 6) is 0.254. The summed E-state index contributed by atoms with van der Waals surface area (Å²) >= 11 is 0. The van der Waals surface area contributed by atoms with Gasteiger partial charge < -0.3 is 11.1 Å². The highest BCUT2D eigenvalue weighted by Gasteiger charge is 2.10. The van der Waals surface area contributed by atoms with Crippen LogP contribution in [0.15, 0.2) is 42.9 Å². The third-order valence-electron chi connectivity index (χ3n) is 2.69. The van der Waals surface area contributed by atoms with E-state index in [0.717, 1.165) is 12.0 Å². The zero-order valence-corrected chi connectivity index (χ0v) is 10.7. The molecule has 98 valence electrons. The summed E-state index contributed by atoms with van der Waals surface area (Å²) < 4.78 is 0. The van der Waals surface area contributed by atoms with Gasteiger partial charge in [0.1, 0.15) is 5.82 Å². The number of hydrogen-bond donors (Lipinski definition) is 2. The Morgan fingerprint density at radius 1 is 1.37 bits per heavy atom. The first-order valence-corrected chi connectivity index (χ1v) is 6.06. The molecule has 5 nitrogen and oxygen atoms in total. The van der Waals surface area contributed by atoms with Crippen LogP contribution in [0.3, 0.4) is 0 Å². The van der Waals surface area contributed by atoms with Gasteiger partial charge >= 0.3 is 0 Å². The molecule has 0 aromatic carbocycles. The second kappa shape index (κ2) is 5.95. The monoisotopic (exact) mass is 256 g/mol. The van der Waals surface area contributed by atoms with Crippen LogP contribution in [0.25, 0.3) is 0 Å². The Morgan fingerprint density at radius 3 is 2.84 bits per heavy atom. The van der Waals surface area contributed by atoms with Crippen molar-refractivity contribution in [3.63, 3.8) is 0 Å². The molecule has 2 aromatic heterocycles. The molecule has 0 spiro atoms. The van der Waals surface area contributed by atoms with Crippen molar-refractivity contribution in [2.75, 3.05) is 5.73 Å². The summed E-state index contributed by atoms with van der Waals surface area (Å²) in [7, 11) is 0. The largest absolute Gasteiger partial charge is 0.384 e. The molecule has 0 radical (unpaired) electrons. The molecule has 0 saturated heterocycles. The summed E-state index contributed by atoms with van der Waals surface area (Å²) in [6, 6.07) is 7.16. The van der Waals surface area contributed by atoms with Gasteiger partial charge in [-0.2, -0.15) is 0 Å². The van der Waals surface area contributed by atoms with Crippen LogP contribution in [-0.4, -0.2) is 21.9 Å². The molecule has 19 heavy (non-hydrogen) atoms. The Kier molecular flexibility index (Phi) is 4.07. The highest BCUT2D eigenvalue weighted by atomic mass is 16.1. The van der Waals surface area contributed by atoms with E-state index < -0.39 is 0 Å². The maximum absolute atomic E-state index is 11.9. The number of nitrogens with one attached hydrogen (secondary N) is 1. The average molecular weight is 256 g/mol. The van der Waals surface area contributed by atoms with Crippen molar-refractivity contribution in [2.24, 2.45) is 0 Å². The molecule has 1 amide bonds. The van der Waals surface area contributed by atoms with E-state index in [1.54, 1.807) is 24.5 Å². The van der Waals surface area contributed by atoms with E-state index in [1.165, 1.54) is 6.20 Å². The van der Waals surface area contributed by atoms with Crippen molar-refractivity contribution in [2.45, 2.75) is 19.4 Å². The van der Waals surface area contributed by atoms with E-state index in [0.29, 0.717) is 11.4 Å². The zero-order chi connectivity index (χ0) is 13.7. The van der Waals surface area contributed by atoms with Crippen LogP contribution >= 0.6 is 0 Å². The maximum Gasteiger partial charge on any atom is 0.253 e. The Hall–Kier alpha value is -2.43. The molecular weight excluding hydrogens is 240 g/mol. The molecule has 3 N–H and O–H groups in total. The minimum absolute atomic E-state index is 0.0225. The lowest BCUT2D eigenvalue weighted by Crippen LogP contribution is -2.34. The molecule has 1 atom stereocenters. The molecule has 0 unspecified atom stereocenters. The minimum Gasteiger partial charge on any atom is -0.384 e. The number of amides is 1. The van der Waals surface area contributed by atoms with E-state index in [2.05, 4.69) is 15.3 Å². The number of nitrogens with zero attached hydrogens (tertiary/aromatic N) is 2. The van der Waals surface area contributed by atoms with Crippen molar-refractivity contribution in [1.82, 2.24) is 15.3 Å². The molecule has 0 fully saturated rings. The molecule has 0 saturated carbocycles. The van der Waals surface area contributed by atoms with Crippen LogP contribution in [0.5, 0.6) is 0 Å². The number of hydrogen-bond acceptors (Lipinski definition) is 4. The summed E-state index contributed by atoms with van der Waals surface area (Å²) in [6.07, 6.45) is 5.74. The predicted molar refractivity (Wildman–Crippen MR) is 73.5 cm³/mol. The van der Waals surface area contributed by atoms with Crippen LogP contribution in [0.4, 0.5) is 5.82 Å². The van der Waals surface area contributed by atoms with Crippen molar-refractivity contribution in [3.05, 3.63) is 54.0 Å². The van der Waals surface area contributed by atoms with Crippen LogP contribution in [0.2, 0.25) is 0 Å². The molecule has 0 aliphatic rings. The Morgan fingerprint density at radius 2 is 2.21 bits per heavy atom. The highest BCUT2D eigenvalue weighted by molar-refractivity contribution is 5.94. The number of carbonyl (C=O) groups excluding carboxylic acids is 1. The average Bonchev–Trinajstić information content (AvgIpc) is 2.40. The number of nitrogen functional groups attached to an aromatic ring is 1. The zero-order valence-electron chi connectivity index (χ0n) is 10.7. The van der Waals surface area contributed by atoms with Gasteiger partial charge in [0.25, 0.3) is 5.91 Å². The van der Waals surface area contributed by atoms with Crippen LogP contribution in [0.1, 0.15) is 22.8 Å². The van der Waals surface area contributed by atoms with Crippen molar-refractivity contribution < 1.29 is 4.79 Å². The maximum atomic E-state index is 11.9. The van der Waals surface area contributed by atoms with Gasteiger partial charge in [-0.25, -0.2) is 4.98 Å². The van der Waals surface area contributed by atoms with Gasteiger partial charge in [0, 0.05) is 24.6 Å². The third kappa shape index (κ3) is 3.77. The summed E-state index contributed by atoms with van der Waals surface area (Å²) in [5, 5.41) is 2.92. The SMILES string of the molecule is C[C@H](Cc1cccnc1)NC(=O)c1ccc(N)nc1. The topological polar surface area (TPSA) is 80.9 Å². The molecule has 5 heteroatoms. The normalized spacial score (nSPS) is 11.8. The van der Waals surface area contributed by atoms with Crippen molar-refractivity contribution >= 4 is 11.7 Å². The van der Waals surface area contributed by atoms with Crippen LogP contribution < -0.4 is 11.1 Å². The van der Waals surface area contributed by atoms with Gasteiger partial charge in [-0.3, -0.25) is 9.78 Å². The number of pyridine rings is 2. The second-order valence-corrected chi connectivity index (χ2v) is 4.41. The van der Waals surface area contributed by atoms with Crippen molar-refractivity contribution in [1.29, 1.82) is 0 Å². The first-order valence-electron chi connectivity index (χ1n) is 6.06. The predicted octanol–water partition coefficient (Wildman–Crippen LogP) is 1.42. The summed E-state index contributed by atoms with van der Waals surface area (Å²) in [5.41, 5.74) is 7.08. The van der Waals surface area contributed by atoms with E-state index in [9.17, 15) is 4.79 Å². The van der Waals surface area contributed by atoms with Gasteiger partial charge in [0.15, 0.2) is 0 Å². The number of rotatable bonds is 4. The first-order chi connectivity index (χ1) is 9.15. The smallest absolute Gasteiger partial charge is 0.253 e. The quantitative estimate of drug-likeness (QED) is 0.867. The fourth-order valence-electron chi connectivity index (χ4n) is 1.77. The van der Waals surface area contributed by atoms with E-state index >= 15 is 0 Å². The van der Waals surface area contributed by atoms with Gasteiger partial charge in [-0.05, 0) is 37.1 Å². The van der Waals surface area contributed by atoms with Gasteiger partial charge in [0.05, 0.1) is 5.56 Å². The lowest BCUT2D eigenvalue weighted by molar-refractivity contribution is 0.0940. The molecule has 2 rings (SSSR count). The van der Waals surface area contributed by atoms with E-state index in [-0.39, 0.29) is 11.9 Å². The number of anilines is 1. The summed E-state index contributed by atoms with van der Waals surface area (Å²) in [4.78, 5) is 19.9.